The van der Waals surface area contributed by atoms with Crippen molar-refractivity contribution in [2.45, 2.75) is 6.54 Å². The molecule has 0 amide bonds. The third-order valence-electron chi connectivity index (χ3n) is 3.00. The molecule has 0 radical (unpaired) electrons. The van der Waals surface area contributed by atoms with Gasteiger partial charge in [0, 0.05) is 11.2 Å². The van der Waals surface area contributed by atoms with Gasteiger partial charge < -0.3 is 4.98 Å². The Labute approximate surface area is 118 Å². The van der Waals surface area contributed by atoms with E-state index in [2.05, 4.69) is 9.97 Å². The number of rotatable bonds is 3. The second kappa shape index (κ2) is 4.94. The maximum absolute atomic E-state index is 12.3. The van der Waals surface area contributed by atoms with Gasteiger partial charge in [0.05, 0.1) is 29.5 Å². The molecule has 0 bridgehead atoms. The molecule has 20 heavy (non-hydrogen) atoms. The number of aromatic amines is 1. The van der Waals surface area contributed by atoms with Crippen LogP contribution in [0.15, 0.2) is 47.7 Å². The van der Waals surface area contributed by atoms with Crippen molar-refractivity contribution in [2.75, 3.05) is 0 Å². The predicted molar refractivity (Wildman–Crippen MR) is 76.1 cm³/mol. The number of carbonyl (C=O) groups excluding carboxylic acids is 1. The average Bonchev–Trinajstić information content (AvgIpc) is 2.96. The van der Waals surface area contributed by atoms with Gasteiger partial charge in [-0.25, -0.2) is 4.98 Å². The number of halogens is 1. The Bertz CT molecular complexity index is 837. The van der Waals surface area contributed by atoms with Crippen molar-refractivity contribution in [3.05, 3.63) is 63.9 Å². The van der Waals surface area contributed by atoms with E-state index < -0.39 is 0 Å². The summed E-state index contributed by atoms with van der Waals surface area (Å²) in [7, 11) is 0. The van der Waals surface area contributed by atoms with Crippen molar-refractivity contribution in [3.8, 4) is 0 Å². The second-order valence-corrected chi connectivity index (χ2v) is 4.78. The highest BCUT2D eigenvalue weighted by Crippen LogP contribution is 2.14. The third-order valence-corrected chi connectivity index (χ3v) is 3.23. The molecule has 0 fully saturated rings. The zero-order valence-electron chi connectivity index (χ0n) is 10.3. The number of hydrogen-bond acceptors (Lipinski definition) is 3. The number of aromatic nitrogens is 3. The van der Waals surface area contributed by atoms with Gasteiger partial charge in [0.2, 0.25) is 0 Å². The van der Waals surface area contributed by atoms with Gasteiger partial charge in [0.25, 0.3) is 5.56 Å². The largest absolute Gasteiger partial charge is 0.359 e. The predicted octanol–water partition coefficient (Wildman–Crippen LogP) is 2.26. The molecule has 3 rings (SSSR count). The first-order chi connectivity index (χ1) is 9.65. The summed E-state index contributed by atoms with van der Waals surface area (Å²) in [6.45, 7) is -0.0607. The lowest BCUT2D eigenvalue weighted by atomic mass is 10.2. The lowest BCUT2D eigenvalue weighted by Crippen LogP contribution is -2.24. The Hall–Kier alpha value is -2.40. The fourth-order valence-corrected chi connectivity index (χ4v) is 2.16. The molecule has 5 nitrogen and oxygen atoms in total. The summed E-state index contributed by atoms with van der Waals surface area (Å²) < 4.78 is 1.28. The molecule has 100 valence electrons. The number of hydrogen-bond donors (Lipinski definition) is 1. The van der Waals surface area contributed by atoms with Gasteiger partial charge in [-0.1, -0.05) is 11.6 Å². The van der Waals surface area contributed by atoms with E-state index in [1.165, 1.54) is 10.9 Å². The van der Waals surface area contributed by atoms with Gasteiger partial charge in [-0.05, 0) is 30.3 Å². The summed E-state index contributed by atoms with van der Waals surface area (Å²) >= 11 is 5.88. The Morgan fingerprint density at radius 3 is 2.95 bits per heavy atom. The smallest absolute Gasteiger partial charge is 0.261 e. The molecule has 0 atom stereocenters. The minimum atomic E-state index is -0.280. The van der Waals surface area contributed by atoms with Crippen LogP contribution in [0.3, 0.4) is 0 Å². The maximum atomic E-state index is 12.3. The number of Topliss-reactive ketones (excluding diaryl/α,β-unsaturated/α-hetero) is 1. The lowest BCUT2D eigenvalue weighted by molar-refractivity contribution is 0.0966. The van der Waals surface area contributed by atoms with E-state index in [-0.39, 0.29) is 17.9 Å². The number of ketones is 1. The van der Waals surface area contributed by atoms with E-state index in [0.717, 1.165) is 0 Å². The topological polar surface area (TPSA) is 67.8 Å². The van der Waals surface area contributed by atoms with Gasteiger partial charge >= 0.3 is 0 Å². The van der Waals surface area contributed by atoms with E-state index in [4.69, 9.17) is 11.6 Å². The first-order valence-corrected chi connectivity index (χ1v) is 6.34. The summed E-state index contributed by atoms with van der Waals surface area (Å²) in [5.74, 6) is -0.180. The first kappa shape index (κ1) is 12.6. The monoisotopic (exact) mass is 287 g/mol. The number of H-pyrrole nitrogens is 1. The maximum Gasteiger partial charge on any atom is 0.261 e. The molecule has 0 spiro atoms. The normalized spacial score (nSPS) is 10.8. The van der Waals surface area contributed by atoms with Crippen molar-refractivity contribution < 1.29 is 4.79 Å². The van der Waals surface area contributed by atoms with Crippen LogP contribution in [-0.4, -0.2) is 20.3 Å². The van der Waals surface area contributed by atoms with E-state index >= 15 is 0 Å². The molecule has 0 aliphatic heterocycles. The highest BCUT2D eigenvalue weighted by atomic mass is 35.5. The minimum Gasteiger partial charge on any atom is -0.359 e. The number of nitrogens with zero attached hydrogens (tertiary/aromatic N) is 2. The Kier molecular flexibility index (Phi) is 3.12. The Morgan fingerprint density at radius 1 is 1.35 bits per heavy atom. The SMILES string of the molecule is O=C(Cn1cnc2ccc(Cl)cc2c1=O)c1ccc[nH]1. The molecule has 2 heterocycles. The van der Waals surface area contributed by atoms with Gasteiger partial charge in [-0.2, -0.15) is 0 Å². The molecule has 0 saturated carbocycles. The van der Waals surface area contributed by atoms with E-state index in [0.29, 0.717) is 21.6 Å². The summed E-state index contributed by atoms with van der Waals surface area (Å²) in [6, 6.07) is 8.30. The summed E-state index contributed by atoms with van der Waals surface area (Å²) in [5.41, 5.74) is 0.739. The van der Waals surface area contributed by atoms with Crippen LogP contribution in [0.4, 0.5) is 0 Å². The van der Waals surface area contributed by atoms with Crippen LogP contribution in [0.25, 0.3) is 10.9 Å². The van der Waals surface area contributed by atoms with Crippen molar-refractivity contribution in [2.24, 2.45) is 0 Å². The van der Waals surface area contributed by atoms with Gasteiger partial charge in [-0.3, -0.25) is 14.2 Å². The molecule has 3 aromatic rings. The zero-order valence-corrected chi connectivity index (χ0v) is 11.1. The summed E-state index contributed by atoms with van der Waals surface area (Å²) in [5, 5.41) is 0.865. The fourth-order valence-electron chi connectivity index (χ4n) is 1.99. The molecule has 0 unspecified atom stereocenters. The molecule has 6 heteroatoms. The second-order valence-electron chi connectivity index (χ2n) is 4.35. The lowest BCUT2D eigenvalue weighted by Gasteiger charge is -2.05. The van der Waals surface area contributed by atoms with Gasteiger partial charge in [-0.15, -0.1) is 0 Å². The van der Waals surface area contributed by atoms with Crippen molar-refractivity contribution in [1.82, 2.24) is 14.5 Å². The van der Waals surface area contributed by atoms with Crippen molar-refractivity contribution >= 4 is 28.3 Å². The highest BCUT2D eigenvalue weighted by molar-refractivity contribution is 6.31. The number of fused-ring (bicyclic) bond motifs is 1. The number of nitrogens with one attached hydrogen (secondary N) is 1. The van der Waals surface area contributed by atoms with Crippen LogP contribution in [0.1, 0.15) is 10.5 Å². The van der Waals surface area contributed by atoms with Crippen LogP contribution in [0.2, 0.25) is 5.02 Å². The molecule has 2 aromatic heterocycles. The molecular formula is C14H10ClN3O2. The Morgan fingerprint density at radius 2 is 2.20 bits per heavy atom. The van der Waals surface area contributed by atoms with E-state index in [1.54, 1.807) is 36.5 Å². The fraction of sp³-hybridized carbons (Fsp3) is 0.0714. The van der Waals surface area contributed by atoms with Crippen LogP contribution in [0.5, 0.6) is 0 Å². The highest BCUT2D eigenvalue weighted by Gasteiger charge is 2.10. The third kappa shape index (κ3) is 2.23. The average molecular weight is 288 g/mol. The number of benzene rings is 1. The molecular weight excluding hydrogens is 278 g/mol. The zero-order chi connectivity index (χ0) is 14.1. The van der Waals surface area contributed by atoms with E-state index in [9.17, 15) is 9.59 Å². The van der Waals surface area contributed by atoms with Gasteiger partial charge in [0.1, 0.15) is 0 Å². The van der Waals surface area contributed by atoms with Crippen molar-refractivity contribution in [1.29, 1.82) is 0 Å². The molecule has 0 aliphatic carbocycles. The minimum absolute atomic E-state index is 0.0607. The van der Waals surface area contributed by atoms with Crippen LogP contribution >= 0.6 is 11.6 Å². The quantitative estimate of drug-likeness (QED) is 0.751. The molecule has 1 aromatic carbocycles. The van der Waals surface area contributed by atoms with E-state index in [1.807, 2.05) is 0 Å². The Balaban J connectivity index is 2.02. The van der Waals surface area contributed by atoms with Crippen LogP contribution in [0, 0.1) is 0 Å². The molecule has 0 saturated heterocycles. The number of carbonyl (C=O) groups is 1. The van der Waals surface area contributed by atoms with Gasteiger partial charge in [0.15, 0.2) is 5.78 Å². The standard InChI is InChI=1S/C14H10ClN3O2/c15-9-3-4-11-10(6-9)14(20)18(8-17-11)7-13(19)12-2-1-5-16-12/h1-6,8,16H,7H2. The van der Waals surface area contributed by atoms with Crippen LogP contribution in [-0.2, 0) is 6.54 Å². The summed E-state index contributed by atoms with van der Waals surface area (Å²) in [4.78, 5) is 31.2. The molecule has 0 aliphatic rings. The summed E-state index contributed by atoms with van der Waals surface area (Å²) in [6.07, 6.45) is 3.04. The molecule has 1 N–H and O–H groups in total. The van der Waals surface area contributed by atoms with Crippen molar-refractivity contribution in [3.63, 3.8) is 0 Å². The first-order valence-electron chi connectivity index (χ1n) is 5.96. The van der Waals surface area contributed by atoms with Crippen LogP contribution < -0.4 is 5.56 Å².